The Balaban J connectivity index is 0.00000300. The average molecular weight is 519 g/mol. The van der Waals surface area contributed by atoms with Crippen molar-refractivity contribution in [2.45, 2.75) is 26.8 Å². The Morgan fingerprint density at radius 2 is 2.21 bits per heavy atom. The number of fused-ring (bicyclic) bond motifs is 1. The van der Waals surface area contributed by atoms with Crippen LogP contribution in [-0.2, 0) is 16.0 Å². The van der Waals surface area contributed by atoms with Gasteiger partial charge in [0.2, 0.25) is 0 Å². The largest absolute Gasteiger partial charge is 0.459 e. The van der Waals surface area contributed by atoms with Gasteiger partial charge in [0.1, 0.15) is 23.7 Å². The number of hydrogen-bond acceptors (Lipinski definition) is 4. The molecule has 1 saturated heterocycles. The summed E-state index contributed by atoms with van der Waals surface area (Å²) in [5.41, 5.74) is 1.64. The second kappa shape index (κ2) is 11.7. The molecule has 162 valence electrons. The van der Waals surface area contributed by atoms with Crippen molar-refractivity contribution >= 4 is 40.9 Å². The Morgan fingerprint density at radius 1 is 1.38 bits per heavy atom. The van der Waals surface area contributed by atoms with Crippen molar-refractivity contribution in [3.8, 4) is 0 Å². The van der Waals surface area contributed by atoms with Gasteiger partial charge in [-0.3, -0.25) is 0 Å². The first-order valence-electron chi connectivity index (χ1n) is 9.89. The van der Waals surface area contributed by atoms with Crippen molar-refractivity contribution in [3.63, 3.8) is 0 Å². The third kappa shape index (κ3) is 6.29. The van der Waals surface area contributed by atoms with Gasteiger partial charge in [-0.2, -0.15) is 0 Å². The first kappa shape index (κ1) is 23.9. The van der Waals surface area contributed by atoms with Crippen molar-refractivity contribution in [1.82, 2.24) is 10.2 Å². The summed E-state index contributed by atoms with van der Waals surface area (Å²) in [7, 11) is 1.68. The quantitative estimate of drug-likeness (QED) is 0.248. The molecule has 1 aliphatic heterocycles. The molecular formula is C21H31FIN3O3. The van der Waals surface area contributed by atoms with E-state index in [9.17, 15) is 4.39 Å². The van der Waals surface area contributed by atoms with E-state index in [2.05, 4.69) is 17.1 Å². The van der Waals surface area contributed by atoms with Crippen LogP contribution in [0.3, 0.4) is 0 Å². The number of benzene rings is 1. The van der Waals surface area contributed by atoms with E-state index in [1.54, 1.807) is 13.2 Å². The zero-order chi connectivity index (χ0) is 19.9. The highest BCUT2D eigenvalue weighted by atomic mass is 127. The number of aryl methyl sites for hydroxylation is 1. The average Bonchev–Trinajstić information content (AvgIpc) is 3.28. The topological polar surface area (TPSA) is 59.2 Å². The van der Waals surface area contributed by atoms with Crippen LogP contribution >= 0.6 is 24.0 Å². The summed E-state index contributed by atoms with van der Waals surface area (Å²) in [6.45, 7) is 9.11. The zero-order valence-corrected chi connectivity index (χ0v) is 19.7. The Morgan fingerprint density at radius 3 is 2.97 bits per heavy atom. The monoisotopic (exact) mass is 519 g/mol. The number of nitrogens with one attached hydrogen (secondary N) is 1. The smallest absolute Gasteiger partial charge is 0.194 e. The number of rotatable bonds is 8. The highest BCUT2D eigenvalue weighted by Gasteiger charge is 2.25. The van der Waals surface area contributed by atoms with Crippen LogP contribution in [0.4, 0.5) is 4.39 Å². The standard InChI is InChI=1S/C21H30FN3O3.HI/c1-4-23-21(25-8-7-16(13-25)14-27-10-9-26-3)24-12-20-15(2)18-11-17(22)5-6-19(18)28-20;/h5-6,11,16H,4,7-10,12-14H2,1-3H3,(H,23,24);1H. The summed E-state index contributed by atoms with van der Waals surface area (Å²) in [5, 5.41) is 4.18. The lowest BCUT2D eigenvalue weighted by Crippen LogP contribution is -2.40. The predicted molar refractivity (Wildman–Crippen MR) is 124 cm³/mol. The Labute approximate surface area is 188 Å². The van der Waals surface area contributed by atoms with Crippen LogP contribution in [0.1, 0.15) is 24.7 Å². The number of halogens is 2. The third-order valence-corrected chi connectivity index (χ3v) is 5.08. The van der Waals surface area contributed by atoms with Gasteiger partial charge in [0.05, 0.1) is 19.8 Å². The number of likely N-dealkylation sites (tertiary alicyclic amines) is 1. The fourth-order valence-electron chi connectivity index (χ4n) is 3.52. The zero-order valence-electron chi connectivity index (χ0n) is 17.4. The minimum absolute atomic E-state index is 0. The molecule has 1 aliphatic rings. The highest BCUT2D eigenvalue weighted by molar-refractivity contribution is 14.0. The van der Waals surface area contributed by atoms with Gasteiger partial charge < -0.3 is 24.1 Å². The van der Waals surface area contributed by atoms with E-state index < -0.39 is 0 Å². The summed E-state index contributed by atoms with van der Waals surface area (Å²) in [6.07, 6.45) is 1.08. The molecule has 2 aromatic rings. The lowest BCUT2D eigenvalue weighted by atomic mass is 10.1. The fraction of sp³-hybridized carbons (Fsp3) is 0.571. The second-order valence-electron chi connectivity index (χ2n) is 7.13. The molecule has 1 atom stereocenters. The van der Waals surface area contributed by atoms with E-state index in [-0.39, 0.29) is 29.8 Å². The molecule has 1 aromatic heterocycles. The fourth-order valence-corrected chi connectivity index (χ4v) is 3.52. The van der Waals surface area contributed by atoms with Crippen LogP contribution in [0.2, 0.25) is 0 Å². The number of hydrogen-bond donors (Lipinski definition) is 1. The van der Waals surface area contributed by atoms with Crippen LogP contribution in [0.15, 0.2) is 27.6 Å². The van der Waals surface area contributed by atoms with Gasteiger partial charge in [-0.25, -0.2) is 9.38 Å². The molecule has 1 N–H and O–H groups in total. The lowest BCUT2D eigenvalue weighted by Gasteiger charge is -2.21. The van der Waals surface area contributed by atoms with Crippen LogP contribution < -0.4 is 5.32 Å². The molecule has 0 saturated carbocycles. The molecular weight excluding hydrogens is 488 g/mol. The van der Waals surface area contributed by atoms with E-state index >= 15 is 0 Å². The van der Waals surface area contributed by atoms with Gasteiger partial charge in [0, 0.05) is 43.6 Å². The molecule has 29 heavy (non-hydrogen) atoms. The summed E-state index contributed by atoms with van der Waals surface area (Å²) < 4.78 is 30.1. The number of furan rings is 1. The molecule has 0 aliphatic carbocycles. The van der Waals surface area contributed by atoms with Gasteiger partial charge in [0.25, 0.3) is 0 Å². The molecule has 1 fully saturated rings. The summed E-state index contributed by atoms with van der Waals surface area (Å²) in [4.78, 5) is 7.04. The minimum atomic E-state index is -0.254. The van der Waals surface area contributed by atoms with Crippen molar-refractivity contribution in [3.05, 3.63) is 35.3 Å². The Hall–Kier alpha value is -1.39. The van der Waals surface area contributed by atoms with Crippen LogP contribution in [0.25, 0.3) is 11.0 Å². The molecule has 0 bridgehead atoms. The number of methoxy groups -OCH3 is 1. The summed E-state index contributed by atoms with van der Waals surface area (Å²) in [5.74, 6) is 1.90. The van der Waals surface area contributed by atoms with Gasteiger partial charge in [-0.15, -0.1) is 24.0 Å². The van der Waals surface area contributed by atoms with Crippen molar-refractivity contribution < 1.29 is 18.3 Å². The Kier molecular flexibility index (Phi) is 9.64. The summed E-state index contributed by atoms with van der Waals surface area (Å²) >= 11 is 0. The minimum Gasteiger partial charge on any atom is -0.459 e. The van der Waals surface area contributed by atoms with Gasteiger partial charge in [0.15, 0.2) is 5.96 Å². The molecule has 3 rings (SSSR count). The van der Waals surface area contributed by atoms with Gasteiger partial charge >= 0.3 is 0 Å². The first-order chi connectivity index (χ1) is 13.6. The molecule has 1 unspecified atom stereocenters. The second-order valence-corrected chi connectivity index (χ2v) is 7.13. The lowest BCUT2D eigenvalue weighted by molar-refractivity contribution is 0.0536. The van der Waals surface area contributed by atoms with E-state index in [1.165, 1.54) is 12.1 Å². The van der Waals surface area contributed by atoms with Gasteiger partial charge in [-0.1, -0.05) is 0 Å². The van der Waals surface area contributed by atoms with E-state index in [0.29, 0.717) is 31.3 Å². The molecule has 8 heteroatoms. The van der Waals surface area contributed by atoms with Crippen molar-refractivity contribution in [2.75, 3.05) is 46.6 Å². The number of ether oxygens (including phenoxy) is 2. The predicted octanol–water partition coefficient (Wildman–Crippen LogP) is 3.95. The van der Waals surface area contributed by atoms with Crippen molar-refractivity contribution in [2.24, 2.45) is 10.9 Å². The van der Waals surface area contributed by atoms with Crippen LogP contribution in [0, 0.1) is 18.7 Å². The molecule has 2 heterocycles. The molecule has 1 aromatic carbocycles. The summed E-state index contributed by atoms with van der Waals surface area (Å²) in [6, 6.07) is 4.60. The number of guanidine groups is 1. The van der Waals surface area contributed by atoms with E-state index in [1.807, 2.05) is 6.92 Å². The Bertz CT molecular complexity index is 812. The maximum atomic E-state index is 13.5. The molecule has 0 spiro atoms. The number of nitrogens with zero attached hydrogens (tertiary/aromatic N) is 2. The number of aliphatic imine (C=N–C) groups is 1. The van der Waals surface area contributed by atoms with Crippen LogP contribution in [-0.4, -0.2) is 57.4 Å². The van der Waals surface area contributed by atoms with E-state index in [0.717, 1.165) is 55.3 Å². The van der Waals surface area contributed by atoms with Crippen molar-refractivity contribution in [1.29, 1.82) is 0 Å². The van der Waals surface area contributed by atoms with Crippen LogP contribution in [0.5, 0.6) is 0 Å². The molecule has 0 amide bonds. The van der Waals surface area contributed by atoms with Gasteiger partial charge in [-0.05, 0) is 38.5 Å². The molecule has 6 nitrogen and oxygen atoms in total. The normalized spacial score (nSPS) is 17.0. The SMILES string of the molecule is CCNC(=NCc1oc2ccc(F)cc2c1C)N1CCC(COCCOC)C1.I. The first-order valence-corrected chi connectivity index (χ1v) is 9.89. The highest BCUT2D eigenvalue weighted by Crippen LogP contribution is 2.26. The third-order valence-electron chi connectivity index (χ3n) is 5.08. The molecule has 0 radical (unpaired) electrons. The maximum absolute atomic E-state index is 13.5. The van der Waals surface area contributed by atoms with E-state index in [4.69, 9.17) is 18.9 Å². The maximum Gasteiger partial charge on any atom is 0.194 e.